The van der Waals surface area contributed by atoms with E-state index in [1.54, 1.807) is 0 Å². The highest BCUT2D eigenvalue weighted by Gasteiger charge is 1.89. The third-order valence-corrected chi connectivity index (χ3v) is 1.27. The summed E-state index contributed by atoms with van der Waals surface area (Å²) >= 11 is 0. The molecule has 0 bridgehead atoms. The van der Waals surface area contributed by atoms with E-state index in [0.29, 0.717) is 7.69 Å². The number of nitrogens with one attached hydrogen (secondary N) is 1. The minimum atomic E-state index is 0.421. The predicted octanol–water partition coefficient (Wildman–Crippen LogP) is 1.91. The van der Waals surface area contributed by atoms with E-state index >= 15 is 0 Å². The summed E-state index contributed by atoms with van der Waals surface area (Å²) in [5.41, 5.74) is 1.94. The molecule has 0 aliphatic rings. The van der Waals surface area contributed by atoms with Gasteiger partial charge in [0.25, 0.3) is 0 Å². The first-order chi connectivity index (χ1) is 4.83. The molecular weight excluding hydrogens is 128 g/mol. The molecule has 1 aromatic rings. The zero-order valence-corrected chi connectivity index (χ0v) is 5.76. The standard InChI is InChI=1S/C7H8BFN/c1-6-2-4-7(5-3-6)10-8-9/h2-5,10H,1H3. The molecule has 0 heterocycles. The second-order valence-electron chi connectivity index (χ2n) is 2.12. The van der Waals surface area contributed by atoms with Crippen molar-refractivity contribution >= 4 is 13.4 Å². The van der Waals surface area contributed by atoms with Crippen LogP contribution in [0.4, 0.5) is 10.0 Å². The van der Waals surface area contributed by atoms with Gasteiger partial charge in [-0.25, -0.2) is 0 Å². The lowest BCUT2D eigenvalue weighted by atomic mass is 10.2. The first-order valence-electron chi connectivity index (χ1n) is 3.08. The summed E-state index contributed by atoms with van der Waals surface area (Å²) in [5, 5.41) is 2.44. The first kappa shape index (κ1) is 7.13. The molecule has 1 nitrogen and oxygen atoms in total. The normalized spacial score (nSPS) is 9.00. The average Bonchev–Trinajstić information content (AvgIpc) is 1.95. The Kier molecular flexibility index (Phi) is 2.32. The maximum atomic E-state index is 11.5. The fraction of sp³-hybridized carbons (Fsp3) is 0.143. The Bertz CT molecular complexity index is 197. The van der Waals surface area contributed by atoms with Crippen LogP contribution in [0.2, 0.25) is 0 Å². The van der Waals surface area contributed by atoms with E-state index < -0.39 is 0 Å². The number of rotatable bonds is 2. The van der Waals surface area contributed by atoms with Crippen LogP contribution < -0.4 is 5.23 Å². The van der Waals surface area contributed by atoms with Crippen molar-refractivity contribution in [3.8, 4) is 0 Å². The molecule has 0 saturated heterocycles. The molecule has 1 N–H and O–H groups in total. The molecule has 1 aromatic carbocycles. The van der Waals surface area contributed by atoms with Crippen LogP contribution in [0.15, 0.2) is 24.3 Å². The van der Waals surface area contributed by atoms with Crippen LogP contribution >= 0.6 is 0 Å². The SMILES string of the molecule is Cc1ccc(N[B]F)cc1. The Labute approximate surface area is 60.6 Å². The van der Waals surface area contributed by atoms with Gasteiger partial charge in [0.15, 0.2) is 0 Å². The lowest BCUT2D eigenvalue weighted by Crippen LogP contribution is -1.98. The van der Waals surface area contributed by atoms with Gasteiger partial charge in [0, 0.05) is 5.69 Å². The smallest absolute Gasteiger partial charge is 0.402 e. The maximum Gasteiger partial charge on any atom is 0.488 e. The number of anilines is 1. The Hall–Kier alpha value is -0.985. The van der Waals surface area contributed by atoms with Crippen LogP contribution in [0.3, 0.4) is 0 Å². The van der Waals surface area contributed by atoms with Crippen molar-refractivity contribution in [3.05, 3.63) is 29.8 Å². The minimum absolute atomic E-state index is 0.421. The molecule has 0 fully saturated rings. The molecule has 1 rings (SSSR count). The molecule has 3 heteroatoms. The molecular formula is C7H8BFN. The third-order valence-electron chi connectivity index (χ3n) is 1.27. The Morgan fingerprint density at radius 2 is 1.90 bits per heavy atom. The summed E-state index contributed by atoms with van der Waals surface area (Å²) in [5.74, 6) is 0. The van der Waals surface area contributed by atoms with Gasteiger partial charge in [0.2, 0.25) is 0 Å². The Balaban J connectivity index is 2.69. The number of benzene rings is 1. The highest BCUT2D eigenvalue weighted by atomic mass is 19.1. The fourth-order valence-electron chi connectivity index (χ4n) is 0.713. The fourth-order valence-corrected chi connectivity index (χ4v) is 0.713. The van der Waals surface area contributed by atoms with Crippen LogP contribution in [0.1, 0.15) is 5.56 Å². The van der Waals surface area contributed by atoms with Gasteiger partial charge in [-0.05, 0) is 19.1 Å². The zero-order chi connectivity index (χ0) is 7.40. The van der Waals surface area contributed by atoms with Crippen molar-refractivity contribution in [1.29, 1.82) is 0 Å². The second kappa shape index (κ2) is 3.25. The van der Waals surface area contributed by atoms with E-state index in [4.69, 9.17) is 0 Å². The lowest BCUT2D eigenvalue weighted by Gasteiger charge is -1.98. The number of hydrogen-bond acceptors (Lipinski definition) is 1. The molecule has 0 unspecified atom stereocenters. The van der Waals surface area contributed by atoms with Gasteiger partial charge in [0.1, 0.15) is 0 Å². The van der Waals surface area contributed by atoms with Gasteiger partial charge in [0.05, 0.1) is 0 Å². The van der Waals surface area contributed by atoms with Crippen LogP contribution in [0.25, 0.3) is 0 Å². The molecule has 51 valence electrons. The van der Waals surface area contributed by atoms with Gasteiger partial charge in [-0.15, -0.1) is 0 Å². The average molecular weight is 136 g/mol. The van der Waals surface area contributed by atoms with Crippen molar-refractivity contribution in [2.24, 2.45) is 0 Å². The highest BCUT2D eigenvalue weighted by molar-refractivity contribution is 6.31. The van der Waals surface area contributed by atoms with Crippen LogP contribution in [0, 0.1) is 6.92 Å². The van der Waals surface area contributed by atoms with E-state index in [1.807, 2.05) is 31.2 Å². The largest absolute Gasteiger partial charge is 0.488 e. The van der Waals surface area contributed by atoms with Gasteiger partial charge in [-0.3, -0.25) is 0 Å². The zero-order valence-electron chi connectivity index (χ0n) is 5.76. The van der Waals surface area contributed by atoms with Crippen LogP contribution in [-0.4, -0.2) is 7.69 Å². The van der Waals surface area contributed by atoms with E-state index in [-0.39, 0.29) is 0 Å². The molecule has 0 aliphatic carbocycles. The van der Waals surface area contributed by atoms with Gasteiger partial charge in [-0.1, -0.05) is 17.7 Å². The molecule has 10 heavy (non-hydrogen) atoms. The van der Waals surface area contributed by atoms with E-state index in [2.05, 4.69) is 5.23 Å². The number of aryl methyl sites for hydroxylation is 1. The van der Waals surface area contributed by atoms with Gasteiger partial charge >= 0.3 is 7.69 Å². The van der Waals surface area contributed by atoms with Crippen molar-refractivity contribution in [2.45, 2.75) is 6.92 Å². The first-order valence-corrected chi connectivity index (χ1v) is 3.08. The van der Waals surface area contributed by atoms with Crippen molar-refractivity contribution in [3.63, 3.8) is 0 Å². The van der Waals surface area contributed by atoms with E-state index in [0.717, 1.165) is 5.69 Å². The molecule has 1 radical (unpaired) electrons. The van der Waals surface area contributed by atoms with Crippen molar-refractivity contribution in [2.75, 3.05) is 5.23 Å². The number of halogens is 1. The van der Waals surface area contributed by atoms with Crippen LogP contribution in [-0.2, 0) is 0 Å². The monoisotopic (exact) mass is 136 g/mol. The van der Waals surface area contributed by atoms with Crippen molar-refractivity contribution in [1.82, 2.24) is 0 Å². The Morgan fingerprint density at radius 3 is 2.40 bits per heavy atom. The van der Waals surface area contributed by atoms with Crippen LogP contribution in [0.5, 0.6) is 0 Å². The quantitative estimate of drug-likeness (QED) is 0.612. The maximum absolute atomic E-state index is 11.5. The second-order valence-corrected chi connectivity index (χ2v) is 2.12. The summed E-state index contributed by atoms with van der Waals surface area (Å²) in [4.78, 5) is 0. The Morgan fingerprint density at radius 1 is 1.30 bits per heavy atom. The summed E-state index contributed by atoms with van der Waals surface area (Å²) in [6.07, 6.45) is 0. The predicted molar refractivity (Wildman–Crippen MR) is 41.7 cm³/mol. The molecule has 0 aromatic heterocycles. The molecule has 0 amide bonds. The number of hydrogen-bond donors (Lipinski definition) is 1. The molecule has 0 saturated carbocycles. The van der Waals surface area contributed by atoms with E-state index in [9.17, 15) is 4.32 Å². The molecule has 0 aliphatic heterocycles. The van der Waals surface area contributed by atoms with Crippen molar-refractivity contribution < 1.29 is 4.32 Å². The van der Waals surface area contributed by atoms with Gasteiger partial charge < -0.3 is 9.54 Å². The molecule has 0 spiro atoms. The lowest BCUT2D eigenvalue weighted by molar-refractivity contribution is 0.876. The molecule has 0 atom stereocenters. The topological polar surface area (TPSA) is 12.0 Å². The summed E-state index contributed by atoms with van der Waals surface area (Å²) in [6.45, 7) is 1.99. The summed E-state index contributed by atoms with van der Waals surface area (Å²) in [7, 11) is 0.421. The minimum Gasteiger partial charge on any atom is -0.402 e. The van der Waals surface area contributed by atoms with Gasteiger partial charge in [-0.2, -0.15) is 0 Å². The summed E-state index contributed by atoms with van der Waals surface area (Å²) < 4.78 is 11.5. The third kappa shape index (κ3) is 1.76. The highest BCUT2D eigenvalue weighted by Crippen LogP contribution is 2.06. The van der Waals surface area contributed by atoms with E-state index in [1.165, 1.54) is 5.56 Å². The summed E-state index contributed by atoms with van der Waals surface area (Å²) in [6, 6.07) is 7.49.